The number of anilines is 1. The first-order valence-corrected chi connectivity index (χ1v) is 7.81. The van der Waals surface area contributed by atoms with Crippen molar-refractivity contribution in [2.45, 2.75) is 19.4 Å². The molecule has 0 bridgehead atoms. The lowest BCUT2D eigenvalue weighted by Gasteiger charge is -2.34. The molecule has 4 heteroatoms. The summed E-state index contributed by atoms with van der Waals surface area (Å²) in [7, 11) is -0.362. The van der Waals surface area contributed by atoms with Crippen molar-refractivity contribution in [3.8, 4) is 0 Å². The van der Waals surface area contributed by atoms with Gasteiger partial charge in [0.15, 0.2) is 0 Å². The van der Waals surface area contributed by atoms with Gasteiger partial charge in [-0.05, 0) is 25.5 Å². The van der Waals surface area contributed by atoms with Gasteiger partial charge in [-0.3, -0.25) is 0 Å². The topological polar surface area (TPSA) is 21.7 Å². The molecule has 1 heterocycles. The molecule has 1 fully saturated rings. The molecule has 16 heavy (non-hydrogen) atoms. The van der Waals surface area contributed by atoms with Gasteiger partial charge in [-0.2, -0.15) is 0 Å². The van der Waals surface area contributed by atoms with Crippen LogP contribution in [-0.2, 0) is 8.85 Å². The summed E-state index contributed by atoms with van der Waals surface area (Å²) in [5.41, 5.74) is 1.22. The molecule has 0 N–H and O–H groups in total. The van der Waals surface area contributed by atoms with Crippen molar-refractivity contribution >= 4 is 14.4 Å². The number of hydrogen-bond acceptors (Lipinski definition) is 3. The molecule has 1 unspecified atom stereocenters. The second kappa shape index (κ2) is 4.99. The molecule has 88 valence electrons. The van der Waals surface area contributed by atoms with E-state index in [1.807, 2.05) is 13.0 Å². The van der Waals surface area contributed by atoms with Gasteiger partial charge in [-0.1, -0.05) is 18.2 Å². The third kappa shape index (κ3) is 2.00. The Hall–Kier alpha value is -0.843. The molecule has 3 nitrogen and oxygen atoms in total. The minimum Gasteiger partial charge on any atom is -0.382 e. The lowest BCUT2D eigenvalue weighted by atomic mass is 10.3. The third-order valence-electron chi connectivity index (χ3n) is 3.04. The summed E-state index contributed by atoms with van der Waals surface area (Å²) in [6.45, 7) is 3.81. The van der Waals surface area contributed by atoms with Crippen LogP contribution in [0.2, 0.25) is 6.04 Å². The number of para-hydroxylation sites is 1. The van der Waals surface area contributed by atoms with Crippen molar-refractivity contribution in [1.29, 1.82) is 0 Å². The highest BCUT2D eigenvalue weighted by molar-refractivity contribution is 6.72. The van der Waals surface area contributed by atoms with Gasteiger partial charge in [0.2, 0.25) is 0 Å². The molecule has 0 spiro atoms. The van der Waals surface area contributed by atoms with E-state index < -0.39 is 8.72 Å². The summed E-state index contributed by atoms with van der Waals surface area (Å²) < 4.78 is 14.0. The largest absolute Gasteiger partial charge is 0.459 e. The summed E-state index contributed by atoms with van der Waals surface area (Å²) in [5.74, 6) is 0. The summed E-state index contributed by atoms with van der Waals surface area (Å²) in [6.07, 6.45) is 1.16. The maximum atomic E-state index is 5.95. The fourth-order valence-corrected chi connectivity index (χ4v) is 5.56. The molecule has 0 aliphatic carbocycles. The van der Waals surface area contributed by atoms with Crippen LogP contribution in [0, 0.1) is 0 Å². The molecule has 1 aromatic carbocycles. The molecule has 1 aliphatic rings. The van der Waals surface area contributed by atoms with Gasteiger partial charge < -0.3 is 13.4 Å². The van der Waals surface area contributed by atoms with E-state index >= 15 is 0 Å². The van der Waals surface area contributed by atoms with Crippen molar-refractivity contribution < 1.29 is 8.85 Å². The van der Waals surface area contributed by atoms with Crippen LogP contribution in [0.25, 0.3) is 0 Å². The van der Waals surface area contributed by atoms with Crippen molar-refractivity contribution in [3.63, 3.8) is 0 Å². The molecule has 0 aromatic heterocycles. The highest BCUT2D eigenvalue weighted by Crippen LogP contribution is 2.32. The lowest BCUT2D eigenvalue weighted by Crippen LogP contribution is -2.54. The lowest BCUT2D eigenvalue weighted by molar-refractivity contribution is 0.212. The summed E-state index contributed by atoms with van der Waals surface area (Å²) in [4.78, 5) is 0. The second-order valence-corrected chi connectivity index (χ2v) is 7.10. The number of hydrogen-bond donors (Lipinski definition) is 0. The molecule has 0 amide bonds. The van der Waals surface area contributed by atoms with Crippen molar-refractivity contribution in [1.82, 2.24) is 0 Å². The van der Waals surface area contributed by atoms with Gasteiger partial charge >= 0.3 is 8.72 Å². The normalized spacial score (nSPS) is 25.0. The van der Waals surface area contributed by atoms with E-state index in [-0.39, 0.29) is 0 Å². The van der Waals surface area contributed by atoms with E-state index in [4.69, 9.17) is 8.85 Å². The van der Waals surface area contributed by atoms with Gasteiger partial charge in [0.05, 0.1) is 0 Å². The summed E-state index contributed by atoms with van der Waals surface area (Å²) in [5, 5.41) is 0. The first kappa shape index (κ1) is 11.6. The SMILES string of the molecule is CCO[Si]1(OC)CCCN1c1ccccc1. The van der Waals surface area contributed by atoms with Crippen LogP contribution in [0.3, 0.4) is 0 Å². The Bertz CT molecular complexity index is 333. The number of nitrogens with zero attached hydrogens (tertiary/aromatic N) is 1. The maximum absolute atomic E-state index is 5.95. The first-order valence-electron chi connectivity index (χ1n) is 5.84. The predicted octanol–water partition coefficient (Wildman–Crippen LogP) is 2.52. The van der Waals surface area contributed by atoms with Crippen LogP contribution in [0.4, 0.5) is 5.69 Å². The monoisotopic (exact) mass is 237 g/mol. The van der Waals surface area contributed by atoms with Crippen LogP contribution in [-0.4, -0.2) is 29.0 Å². The molecule has 1 aromatic rings. The quantitative estimate of drug-likeness (QED) is 0.751. The Morgan fingerprint density at radius 2 is 2.06 bits per heavy atom. The van der Waals surface area contributed by atoms with Gasteiger partial charge in [0.25, 0.3) is 0 Å². The number of benzene rings is 1. The predicted molar refractivity (Wildman–Crippen MR) is 67.6 cm³/mol. The zero-order chi connectivity index (χ0) is 11.4. The molecule has 1 aliphatic heterocycles. The van der Waals surface area contributed by atoms with Crippen molar-refractivity contribution in [3.05, 3.63) is 30.3 Å². The van der Waals surface area contributed by atoms with E-state index in [0.717, 1.165) is 25.6 Å². The third-order valence-corrected chi connectivity index (χ3v) is 6.71. The second-order valence-electron chi connectivity index (χ2n) is 3.94. The zero-order valence-electron chi connectivity index (χ0n) is 9.98. The van der Waals surface area contributed by atoms with Crippen LogP contribution in [0.5, 0.6) is 0 Å². The van der Waals surface area contributed by atoms with Gasteiger partial charge in [-0.15, -0.1) is 0 Å². The minimum atomic E-state index is -2.14. The van der Waals surface area contributed by atoms with E-state index in [1.54, 1.807) is 7.11 Å². The van der Waals surface area contributed by atoms with Crippen LogP contribution >= 0.6 is 0 Å². The molecule has 0 radical (unpaired) electrons. The van der Waals surface area contributed by atoms with Crippen LogP contribution < -0.4 is 4.57 Å². The molecule has 1 atom stereocenters. The Morgan fingerprint density at radius 3 is 2.69 bits per heavy atom. The van der Waals surface area contributed by atoms with E-state index in [0.29, 0.717) is 0 Å². The highest BCUT2D eigenvalue weighted by Gasteiger charge is 2.48. The van der Waals surface area contributed by atoms with E-state index in [2.05, 4.69) is 28.8 Å². The van der Waals surface area contributed by atoms with Crippen molar-refractivity contribution in [2.75, 3.05) is 24.8 Å². The van der Waals surface area contributed by atoms with Crippen LogP contribution in [0.15, 0.2) is 30.3 Å². The first-order chi connectivity index (χ1) is 7.82. The minimum absolute atomic E-state index is 0.726. The molecule has 1 saturated heterocycles. The summed E-state index contributed by atoms with van der Waals surface area (Å²) >= 11 is 0. The zero-order valence-corrected chi connectivity index (χ0v) is 11.0. The Kier molecular flexibility index (Phi) is 3.63. The number of rotatable bonds is 4. The Morgan fingerprint density at radius 1 is 1.31 bits per heavy atom. The van der Waals surface area contributed by atoms with Crippen molar-refractivity contribution in [2.24, 2.45) is 0 Å². The maximum Gasteiger partial charge on any atom is 0.459 e. The van der Waals surface area contributed by atoms with E-state index in [9.17, 15) is 0 Å². The van der Waals surface area contributed by atoms with Gasteiger partial charge in [0.1, 0.15) is 0 Å². The molecular formula is C12H19NO2Si. The van der Waals surface area contributed by atoms with Gasteiger partial charge in [0, 0.05) is 32.0 Å². The molecule has 2 rings (SSSR count). The summed E-state index contributed by atoms with van der Waals surface area (Å²) in [6, 6.07) is 11.5. The Balaban J connectivity index is 2.26. The molecular weight excluding hydrogens is 218 g/mol. The smallest absolute Gasteiger partial charge is 0.382 e. The van der Waals surface area contributed by atoms with E-state index in [1.165, 1.54) is 5.69 Å². The molecule has 0 saturated carbocycles. The highest BCUT2D eigenvalue weighted by atomic mass is 28.4. The van der Waals surface area contributed by atoms with Crippen LogP contribution in [0.1, 0.15) is 13.3 Å². The standard InChI is InChI=1S/C12H19NO2Si/c1-3-15-16(14-2)11-7-10-13(16)12-8-5-4-6-9-12/h4-6,8-9H,3,7,10-11H2,1-2H3. The fourth-order valence-electron chi connectivity index (χ4n) is 2.35. The average molecular weight is 237 g/mol. The fraction of sp³-hybridized carbons (Fsp3) is 0.500. The van der Waals surface area contributed by atoms with Gasteiger partial charge in [-0.25, -0.2) is 0 Å². The average Bonchev–Trinajstić information content (AvgIpc) is 2.75. The Labute approximate surface area is 98.3 Å².